The summed E-state index contributed by atoms with van der Waals surface area (Å²) in [4.78, 5) is 11.3. The Hall–Kier alpha value is -2.14. The molecule has 0 heterocycles. The maximum absolute atomic E-state index is 11.9. The van der Waals surface area contributed by atoms with Crippen LogP contribution in [0.15, 0.2) is 59.5 Å². The van der Waals surface area contributed by atoms with Gasteiger partial charge in [-0.3, -0.25) is 0 Å². The molecule has 0 aliphatic rings. The maximum atomic E-state index is 11.9. The zero-order valence-corrected chi connectivity index (χ0v) is 10.2. The Kier molecular flexibility index (Phi) is 3.74. The fourth-order valence-electron chi connectivity index (χ4n) is 1.39. The van der Waals surface area contributed by atoms with E-state index < -0.39 is 17.0 Å². The second-order valence-electron chi connectivity index (χ2n) is 3.57. The zero-order valence-electron chi connectivity index (χ0n) is 9.37. The lowest BCUT2D eigenvalue weighted by atomic mass is 10.2. The van der Waals surface area contributed by atoms with Gasteiger partial charge in [-0.2, -0.15) is 0 Å². The van der Waals surface area contributed by atoms with E-state index in [4.69, 9.17) is 5.11 Å². The van der Waals surface area contributed by atoms with Crippen LogP contribution in [0, 0.1) is 0 Å². The first-order chi connectivity index (χ1) is 8.66. The molecule has 0 saturated carbocycles. The summed E-state index contributed by atoms with van der Waals surface area (Å²) in [5.41, 5.74) is 0.813. The highest BCUT2D eigenvalue weighted by Gasteiger charge is 2.05. The number of nitrogens with one attached hydrogen (secondary N) is 1. The van der Waals surface area contributed by atoms with Crippen LogP contribution in [0.25, 0.3) is 0 Å². The Bertz CT molecular complexity index is 567. The van der Waals surface area contributed by atoms with E-state index in [2.05, 4.69) is 4.72 Å². The number of anilines is 1. The van der Waals surface area contributed by atoms with Crippen molar-refractivity contribution in [1.29, 1.82) is 0 Å². The molecule has 0 spiro atoms. The standard InChI is InChI=1S/C13H11NO3S/c15-13(16)10-6-8-11(9-7-10)14-18(17)12-4-2-1-3-5-12/h1-9,14H,(H,15,16). The molecule has 0 aliphatic carbocycles. The number of carboxylic acid groups (broad SMARTS) is 1. The first-order valence-electron chi connectivity index (χ1n) is 5.23. The van der Waals surface area contributed by atoms with Gasteiger partial charge in [0.2, 0.25) is 0 Å². The van der Waals surface area contributed by atoms with Gasteiger partial charge >= 0.3 is 5.97 Å². The van der Waals surface area contributed by atoms with E-state index in [1.165, 1.54) is 12.1 Å². The van der Waals surface area contributed by atoms with Crippen molar-refractivity contribution in [2.75, 3.05) is 4.72 Å². The number of aromatic carboxylic acids is 1. The van der Waals surface area contributed by atoms with Crippen LogP contribution in [0.5, 0.6) is 0 Å². The van der Waals surface area contributed by atoms with Gasteiger partial charge in [0.05, 0.1) is 10.5 Å². The summed E-state index contributed by atoms with van der Waals surface area (Å²) in [6.45, 7) is 0. The number of benzene rings is 2. The predicted molar refractivity (Wildman–Crippen MR) is 69.9 cm³/mol. The SMILES string of the molecule is O=C(O)c1ccc(NS(=O)c2ccccc2)cc1. The van der Waals surface area contributed by atoms with Crippen LogP contribution in [0.3, 0.4) is 0 Å². The summed E-state index contributed by atoms with van der Waals surface area (Å²) >= 11 is 0. The summed E-state index contributed by atoms with van der Waals surface area (Å²) in [6.07, 6.45) is 0. The van der Waals surface area contributed by atoms with E-state index >= 15 is 0 Å². The molecular formula is C13H11NO3S. The molecule has 18 heavy (non-hydrogen) atoms. The minimum absolute atomic E-state index is 0.200. The van der Waals surface area contributed by atoms with Crippen molar-refractivity contribution in [2.24, 2.45) is 0 Å². The molecule has 1 atom stereocenters. The Morgan fingerprint density at radius 2 is 1.61 bits per heavy atom. The molecule has 2 N–H and O–H groups in total. The van der Waals surface area contributed by atoms with Crippen LogP contribution in [0.1, 0.15) is 10.4 Å². The highest BCUT2D eigenvalue weighted by molar-refractivity contribution is 7.86. The third kappa shape index (κ3) is 2.95. The third-order valence-corrected chi connectivity index (χ3v) is 3.42. The average Bonchev–Trinajstić information content (AvgIpc) is 2.40. The van der Waals surface area contributed by atoms with Gasteiger partial charge in [0, 0.05) is 5.69 Å². The summed E-state index contributed by atoms with van der Waals surface area (Å²) in [6, 6.07) is 15.1. The van der Waals surface area contributed by atoms with E-state index in [0.717, 1.165) is 0 Å². The Balaban J connectivity index is 2.10. The largest absolute Gasteiger partial charge is 0.478 e. The quantitative estimate of drug-likeness (QED) is 0.888. The fourth-order valence-corrected chi connectivity index (χ4v) is 2.26. The van der Waals surface area contributed by atoms with Gasteiger partial charge in [0.25, 0.3) is 0 Å². The highest BCUT2D eigenvalue weighted by atomic mass is 32.2. The Labute approximate surface area is 107 Å². The molecular weight excluding hydrogens is 250 g/mol. The van der Waals surface area contributed by atoms with Gasteiger partial charge in [-0.05, 0) is 36.4 Å². The lowest BCUT2D eigenvalue weighted by molar-refractivity contribution is 0.0697. The minimum atomic E-state index is -1.35. The molecule has 92 valence electrons. The van der Waals surface area contributed by atoms with Gasteiger partial charge in [-0.1, -0.05) is 18.2 Å². The second-order valence-corrected chi connectivity index (χ2v) is 4.78. The van der Waals surface area contributed by atoms with Gasteiger partial charge in [-0.15, -0.1) is 0 Å². The summed E-state index contributed by atoms with van der Waals surface area (Å²) in [7, 11) is -1.35. The molecule has 2 rings (SSSR count). The molecule has 0 aromatic heterocycles. The second kappa shape index (κ2) is 5.46. The molecule has 0 amide bonds. The topological polar surface area (TPSA) is 66.4 Å². The van der Waals surface area contributed by atoms with E-state index in [1.807, 2.05) is 18.2 Å². The molecule has 0 saturated heterocycles. The van der Waals surface area contributed by atoms with Crippen molar-refractivity contribution in [3.63, 3.8) is 0 Å². The van der Waals surface area contributed by atoms with E-state index in [9.17, 15) is 9.00 Å². The van der Waals surface area contributed by atoms with Crippen LogP contribution >= 0.6 is 0 Å². The molecule has 0 aliphatic heterocycles. The van der Waals surface area contributed by atoms with Crippen LogP contribution in [-0.4, -0.2) is 15.3 Å². The molecule has 2 aromatic carbocycles. The summed E-state index contributed by atoms with van der Waals surface area (Å²) in [5, 5.41) is 8.76. The Morgan fingerprint density at radius 3 is 2.17 bits per heavy atom. The smallest absolute Gasteiger partial charge is 0.335 e. The monoisotopic (exact) mass is 261 g/mol. The lowest BCUT2D eigenvalue weighted by Gasteiger charge is -2.06. The Morgan fingerprint density at radius 1 is 1.00 bits per heavy atom. The molecule has 2 aromatic rings. The van der Waals surface area contributed by atoms with Gasteiger partial charge < -0.3 is 9.83 Å². The van der Waals surface area contributed by atoms with E-state index in [0.29, 0.717) is 10.6 Å². The number of carbonyl (C=O) groups is 1. The first-order valence-corrected chi connectivity index (χ1v) is 6.38. The van der Waals surface area contributed by atoms with Crippen LogP contribution < -0.4 is 4.72 Å². The van der Waals surface area contributed by atoms with Crippen molar-refractivity contribution in [3.05, 3.63) is 60.2 Å². The number of carboxylic acids is 1. The van der Waals surface area contributed by atoms with Crippen LogP contribution in [0.4, 0.5) is 5.69 Å². The molecule has 5 heteroatoms. The van der Waals surface area contributed by atoms with Crippen molar-refractivity contribution < 1.29 is 14.1 Å². The van der Waals surface area contributed by atoms with Crippen LogP contribution in [0.2, 0.25) is 0 Å². The van der Waals surface area contributed by atoms with E-state index in [-0.39, 0.29) is 5.56 Å². The number of hydrogen-bond acceptors (Lipinski definition) is 2. The third-order valence-electron chi connectivity index (χ3n) is 2.30. The normalized spacial score (nSPS) is 11.8. The maximum Gasteiger partial charge on any atom is 0.335 e. The number of hydrogen-bond donors (Lipinski definition) is 2. The van der Waals surface area contributed by atoms with Gasteiger partial charge in [-0.25, -0.2) is 9.00 Å². The van der Waals surface area contributed by atoms with Crippen molar-refractivity contribution >= 4 is 22.6 Å². The molecule has 1 unspecified atom stereocenters. The zero-order chi connectivity index (χ0) is 13.0. The van der Waals surface area contributed by atoms with Crippen LogP contribution in [-0.2, 0) is 11.0 Å². The first kappa shape index (κ1) is 12.3. The van der Waals surface area contributed by atoms with Crippen molar-refractivity contribution in [3.8, 4) is 0 Å². The van der Waals surface area contributed by atoms with E-state index in [1.54, 1.807) is 24.3 Å². The molecule has 0 radical (unpaired) electrons. The van der Waals surface area contributed by atoms with Crippen molar-refractivity contribution in [2.45, 2.75) is 4.90 Å². The van der Waals surface area contributed by atoms with Gasteiger partial charge in [0.1, 0.15) is 11.0 Å². The predicted octanol–water partition coefficient (Wildman–Crippen LogP) is 2.52. The molecule has 0 fully saturated rings. The number of rotatable bonds is 4. The van der Waals surface area contributed by atoms with Gasteiger partial charge in [0.15, 0.2) is 0 Å². The molecule has 4 nitrogen and oxygen atoms in total. The lowest BCUT2D eigenvalue weighted by Crippen LogP contribution is -2.05. The summed E-state index contributed by atoms with van der Waals surface area (Å²) in [5.74, 6) is -0.981. The minimum Gasteiger partial charge on any atom is -0.478 e. The average molecular weight is 261 g/mol. The van der Waals surface area contributed by atoms with Crippen molar-refractivity contribution in [1.82, 2.24) is 0 Å². The summed E-state index contributed by atoms with van der Waals surface area (Å²) < 4.78 is 14.7. The fraction of sp³-hybridized carbons (Fsp3) is 0. The molecule has 0 bridgehead atoms. The highest BCUT2D eigenvalue weighted by Crippen LogP contribution is 2.13.